The van der Waals surface area contributed by atoms with Crippen LogP contribution in [0.3, 0.4) is 0 Å². The molecule has 0 spiro atoms. The molecular formula is C15H25N3OS. The monoisotopic (exact) mass is 295 g/mol. The first-order valence-corrected chi connectivity index (χ1v) is 7.62. The quantitative estimate of drug-likeness (QED) is 0.761. The largest absolute Gasteiger partial charge is 0.352 e. The Morgan fingerprint density at radius 1 is 1.40 bits per heavy atom. The van der Waals surface area contributed by atoms with E-state index in [-0.39, 0.29) is 5.91 Å². The zero-order valence-corrected chi connectivity index (χ0v) is 13.6. The van der Waals surface area contributed by atoms with Crippen LogP contribution in [0.15, 0.2) is 18.3 Å². The van der Waals surface area contributed by atoms with Gasteiger partial charge in [-0.05, 0) is 31.1 Å². The number of carbonyl (C=O) groups excluding carboxylic acids is 1. The minimum atomic E-state index is -0.107. The molecule has 1 amide bonds. The Hall–Kier alpha value is -1.20. The lowest BCUT2D eigenvalue weighted by atomic mass is 10.0. The number of nitrogens with one attached hydrogen (secondary N) is 2. The maximum absolute atomic E-state index is 12.2. The van der Waals surface area contributed by atoms with Crippen LogP contribution in [0.4, 0.5) is 0 Å². The molecule has 112 valence electrons. The van der Waals surface area contributed by atoms with E-state index in [1.807, 2.05) is 0 Å². The maximum Gasteiger partial charge on any atom is 0.254 e. The predicted molar refractivity (Wildman–Crippen MR) is 85.5 cm³/mol. The molecule has 5 heteroatoms. The molecule has 0 aliphatic carbocycles. The highest BCUT2D eigenvalue weighted by atomic mass is 32.1. The summed E-state index contributed by atoms with van der Waals surface area (Å²) in [6, 6.07) is 3.88. The molecule has 0 aromatic carbocycles. The van der Waals surface area contributed by atoms with E-state index >= 15 is 0 Å². The number of pyridine rings is 1. The van der Waals surface area contributed by atoms with Crippen molar-refractivity contribution >= 4 is 18.1 Å². The summed E-state index contributed by atoms with van der Waals surface area (Å²) < 4.78 is 0.480. The Kier molecular flexibility index (Phi) is 6.88. The zero-order chi connectivity index (χ0) is 15.1. The van der Waals surface area contributed by atoms with Gasteiger partial charge in [-0.2, -0.15) is 0 Å². The summed E-state index contributed by atoms with van der Waals surface area (Å²) in [5.41, 5.74) is 0.532. The van der Waals surface area contributed by atoms with Gasteiger partial charge in [-0.3, -0.25) is 9.69 Å². The molecule has 0 radical (unpaired) electrons. The van der Waals surface area contributed by atoms with Gasteiger partial charge in [-0.25, -0.2) is 0 Å². The van der Waals surface area contributed by atoms with Crippen LogP contribution in [0.5, 0.6) is 0 Å². The van der Waals surface area contributed by atoms with Gasteiger partial charge in [0.2, 0.25) is 0 Å². The van der Waals surface area contributed by atoms with Crippen LogP contribution in [0.1, 0.15) is 38.1 Å². The van der Waals surface area contributed by atoms with Gasteiger partial charge in [0.15, 0.2) is 0 Å². The van der Waals surface area contributed by atoms with Crippen molar-refractivity contribution in [2.75, 3.05) is 19.6 Å². The molecule has 1 heterocycles. The van der Waals surface area contributed by atoms with E-state index in [9.17, 15) is 4.79 Å². The van der Waals surface area contributed by atoms with Crippen LogP contribution < -0.4 is 5.32 Å². The molecular weight excluding hydrogens is 270 g/mol. The third-order valence-corrected chi connectivity index (χ3v) is 3.92. The van der Waals surface area contributed by atoms with Crippen molar-refractivity contribution in [3.05, 3.63) is 28.5 Å². The first-order chi connectivity index (χ1) is 9.51. The molecule has 0 unspecified atom stereocenters. The number of likely N-dealkylation sites (N-methyl/N-ethyl adjacent to an activating group) is 1. The Balaban J connectivity index is 2.71. The highest BCUT2D eigenvalue weighted by Gasteiger charge is 2.20. The predicted octanol–water partition coefficient (Wildman–Crippen LogP) is 2.84. The summed E-state index contributed by atoms with van der Waals surface area (Å²) in [6.07, 6.45) is 1.73. The number of aromatic amines is 1. The first-order valence-electron chi connectivity index (χ1n) is 7.21. The van der Waals surface area contributed by atoms with Crippen LogP contribution in [0, 0.1) is 10.6 Å². The topological polar surface area (TPSA) is 48.1 Å². The molecule has 0 bridgehead atoms. The van der Waals surface area contributed by atoms with Crippen LogP contribution in [-0.2, 0) is 0 Å². The van der Waals surface area contributed by atoms with Crippen molar-refractivity contribution in [1.82, 2.24) is 15.2 Å². The fraction of sp³-hybridized carbons (Fsp3) is 0.600. The second-order valence-electron chi connectivity index (χ2n) is 5.16. The van der Waals surface area contributed by atoms with E-state index < -0.39 is 0 Å². The highest BCUT2D eigenvalue weighted by molar-refractivity contribution is 7.71. The minimum Gasteiger partial charge on any atom is -0.352 e. The van der Waals surface area contributed by atoms with Crippen LogP contribution in [-0.4, -0.2) is 41.5 Å². The summed E-state index contributed by atoms with van der Waals surface area (Å²) in [5.74, 6) is 0.380. The van der Waals surface area contributed by atoms with Crippen molar-refractivity contribution in [3.63, 3.8) is 0 Å². The third kappa shape index (κ3) is 4.42. The van der Waals surface area contributed by atoms with E-state index in [0.29, 0.717) is 28.7 Å². The van der Waals surface area contributed by atoms with Crippen molar-refractivity contribution in [2.24, 2.45) is 5.92 Å². The molecule has 0 aliphatic heterocycles. The Bertz CT molecular complexity index is 480. The van der Waals surface area contributed by atoms with Gasteiger partial charge >= 0.3 is 0 Å². The molecule has 0 saturated carbocycles. The molecule has 1 aromatic rings. The van der Waals surface area contributed by atoms with E-state index in [1.165, 1.54) is 0 Å². The van der Waals surface area contributed by atoms with Gasteiger partial charge in [0.1, 0.15) is 4.64 Å². The molecule has 1 atom stereocenters. The molecule has 1 rings (SSSR count). The Morgan fingerprint density at radius 2 is 2.05 bits per heavy atom. The number of amides is 1. The average Bonchev–Trinajstić information content (AvgIpc) is 2.43. The van der Waals surface area contributed by atoms with Crippen LogP contribution >= 0.6 is 12.2 Å². The summed E-state index contributed by atoms with van der Waals surface area (Å²) >= 11 is 5.13. The average molecular weight is 295 g/mol. The van der Waals surface area contributed by atoms with E-state index in [1.54, 1.807) is 18.3 Å². The first kappa shape index (κ1) is 16.9. The number of hydrogen-bond acceptors (Lipinski definition) is 3. The van der Waals surface area contributed by atoms with Gasteiger partial charge in [0.25, 0.3) is 5.91 Å². The molecule has 20 heavy (non-hydrogen) atoms. The molecule has 2 N–H and O–H groups in total. The van der Waals surface area contributed by atoms with Crippen molar-refractivity contribution < 1.29 is 4.79 Å². The van der Waals surface area contributed by atoms with Gasteiger partial charge in [0, 0.05) is 18.8 Å². The number of carbonyl (C=O) groups is 1. The fourth-order valence-electron chi connectivity index (χ4n) is 2.37. The lowest BCUT2D eigenvalue weighted by molar-refractivity contribution is 0.0920. The van der Waals surface area contributed by atoms with E-state index in [4.69, 9.17) is 12.2 Å². The van der Waals surface area contributed by atoms with Gasteiger partial charge in [-0.1, -0.05) is 39.9 Å². The van der Waals surface area contributed by atoms with E-state index in [2.05, 4.69) is 42.9 Å². The summed E-state index contributed by atoms with van der Waals surface area (Å²) in [5, 5.41) is 3.00. The normalized spacial score (nSPS) is 12.7. The fourth-order valence-corrected chi connectivity index (χ4v) is 2.60. The second-order valence-corrected chi connectivity index (χ2v) is 5.56. The molecule has 4 nitrogen and oxygen atoms in total. The Morgan fingerprint density at radius 3 is 2.55 bits per heavy atom. The number of hydrogen-bond donors (Lipinski definition) is 2. The summed E-state index contributed by atoms with van der Waals surface area (Å²) in [4.78, 5) is 17.4. The second kappa shape index (κ2) is 8.17. The summed E-state index contributed by atoms with van der Waals surface area (Å²) in [7, 11) is 0. The lowest BCUT2D eigenvalue weighted by Gasteiger charge is -2.32. The van der Waals surface area contributed by atoms with Crippen LogP contribution in [0.2, 0.25) is 0 Å². The van der Waals surface area contributed by atoms with E-state index in [0.717, 1.165) is 13.1 Å². The third-order valence-electron chi connectivity index (χ3n) is 3.59. The number of aromatic nitrogens is 1. The van der Waals surface area contributed by atoms with Crippen molar-refractivity contribution in [3.8, 4) is 0 Å². The van der Waals surface area contributed by atoms with Crippen molar-refractivity contribution in [2.45, 2.75) is 33.7 Å². The van der Waals surface area contributed by atoms with Gasteiger partial charge < -0.3 is 10.3 Å². The van der Waals surface area contributed by atoms with Crippen molar-refractivity contribution in [1.29, 1.82) is 0 Å². The zero-order valence-electron chi connectivity index (χ0n) is 12.8. The van der Waals surface area contributed by atoms with Gasteiger partial charge in [0.05, 0.1) is 5.56 Å². The molecule has 1 aromatic heterocycles. The summed E-state index contributed by atoms with van der Waals surface area (Å²) in [6.45, 7) is 11.3. The maximum atomic E-state index is 12.2. The SMILES string of the molecule is CCN(CC)[C@@H](CNC(=O)c1ccc[nH]c1=S)C(C)C. The number of rotatable bonds is 7. The number of nitrogens with zero attached hydrogens (tertiary/aromatic N) is 1. The molecule has 0 saturated heterocycles. The smallest absolute Gasteiger partial charge is 0.254 e. The Labute approximate surface area is 126 Å². The molecule has 0 aliphatic rings. The molecule has 0 fully saturated rings. The highest BCUT2D eigenvalue weighted by Crippen LogP contribution is 2.10. The van der Waals surface area contributed by atoms with Gasteiger partial charge in [-0.15, -0.1) is 0 Å². The standard InChI is InChI=1S/C15H25N3OS/c1-5-18(6-2)13(11(3)4)10-17-14(19)12-8-7-9-16-15(12)20/h7-9,11,13H,5-6,10H2,1-4H3,(H,16,20)(H,17,19)/t13-/m0/s1. The van der Waals surface area contributed by atoms with Crippen LogP contribution in [0.25, 0.3) is 0 Å². The lowest BCUT2D eigenvalue weighted by Crippen LogP contribution is -2.46. The number of H-pyrrole nitrogens is 1. The minimum absolute atomic E-state index is 0.107.